The second-order valence-corrected chi connectivity index (χ2v) is 6.22. The molecule has 0 saturated carbocycles. The van der Waals surface area contributed by atoms with E-state index in [1.807, 2.05) is 18.2 Å². The molecular weight excluding hydrogens is 339 g/mol. The minimum atomic E-state index is -4.48. The van der Waals surface area contributed by atoms with E-state index in [4.69, 9.17) is 0 Å². The van der Waals surface area contributed by atoms with Crippen molar-refractivity contribution in [2.24, 2.45) is 5.10 Å². The summed E-state index contributed by atoms with van der Waals surface area (Å²) in [5, 5.41) is 4.11. The number of allylic oxidation sites excluding steroid dienone is 1. The molecule has 0 bridgehead atoms. The van der Waals surface area contributed by atoms with E-state index in [0.29, 0.717) is 11.3 Å². The van der Waals surface area contributed by atoms with Crippen molar-refractivity contribution in [2.45, 2.75) is 4.90 Å². The maximum absolute atomic E-state index is 12.0. The fraction of sp³-hybridized carbons (Fsp3) is 0. The Balaban J connectivity index is 0.00000208. The minimum absolute atomic E-state index is 0. The van der Waals surface area contributed by atoms with E-state index in [2.05, 4.69) is 10.5 Å². The Morgan fingerprint density at radius 2 is 1.62 bits per heavy atom. The molecule has 116 valence electrons. The molecular formula is C16H11N2NaO4S. The number of fused-ring (bicyclic) bond motifs is 1. The van der Waals surface area contributed by atoms with Gasteiger partial charge in [0, 0.05) is 5.56 Å². The molecule has 2 aromatic rings. The van der Waals surface area contributed by atoms with Gasteiger partial charge in [-0.05, 0) is 35.9 Å². The monoisotopic (exact) mass is 350 g/mol. The van der Waals surface area contributed by atoms with Gasteiger partial charge in [-0.2, -0.15) is 5.10 Å². The third kappa shape index (κ3) is 4.00. The van der Waals surface area contributed by atoms with Crippen LogP contribution in [0.3, 0.4) is 0 Å². The van der Waals surface area contributed by atoms with Gasteiger partial charge in [0.05, 0.1) is 10.6 Å². The number of hydrazone groups is 1. The van der Waals surface area contributed by atoms with Gasteiger partial charge in [-0.25, -0.2) is 8.42 Å². The largest absolute Gasteiger partial charge is 1.00 e. The summed E-state index contributed by atoms with van der Waals surface area (Å²) < 4.78 is 32.6. The first-order valence-electron chi connectivity index (χ1n) is 6.66. The summed E-state index contributed by atoms with van der Waals surface area (Å²) in [4.78, 5) is 11.7. The normalized spacial score (nSPS) is 14.9. The predicted octanol–water partition coefficient (Wildman–Crippen LogP) is -0.993. The Hall–Kier alpha value is -1.77. The summed E-state index contributed by atoms with van der Waals surface area (Å²) in [6, 6.07) is 12.5. The van der Waals surface area contributed by atoms with Crippen molar-refractivity contribution in [2.75, 3.05) is 5.43 Å². The third-order valence-electron chi connectivity index (χ3n) is 3.30. The van der Waals surface area contributed by atoms with E-state index in [1.54, 1.807) is 12.1 Å². The minimum Gasteiger partial charge on any atom is -0.744 e. The van der Waals surface area contributed by atoms with E-state index >= 15 is 0 Å². The molecule has 0 radical (unpaired) electrons. The first kappa shape index (κ1) is 18.6. The van der Waals surface area contributed by atoms with Crippen LogP contribution < -0.4 is 35.0 Å². The summed E-state index contributed by atoms with van der Waals surface area (Å²) >= 11 is 0. The quantitative estimate of drug-likeness (QED) is 0.435. The zero-order valence-electron chi connectivity index (χ0n) is 12.8. The van der Waals surface area contributed by atoms with Gasteiger partial charge < -0.3 is 4.55 Å². The van der Waals surface area contributed by atoms with Gasteiger partial charge in [-0.1, -0.05) is 30.3 Å². The second-order valence-electron chi connectivity index (χ2n) is 4.84. The molecule has 0 atom stereocenters. The van der Waals surface area contributed by atoms with E-state index in [0.717, 1.165) is 5.56 Å². The molecule has 8 heteroatoms. The van der Waals surface area contributed by atoms with E-state index < -0.39 is 10.1 Å². The number of nitrogens with one attached hydrogen (secondary N) is 1. The number of ketones is 1. The average Bonchev–Trinajstić information content (AvgIpc) is 2.53. The first-order chi connectivity index (χ1) is 10.9. The molecule has 3 rings (SSSR count). The Labute approximate surface area is 161 Å². The Bertz CT molecular complexity index is 935. The molecule has 1 aliphatic carbocycles. The maximum atomic E-state index is 12.0. The fourth-order valence-corrected chi connectivity index (χ4v) is 2.64. The van der Waals surface area contributed by atoms with Gasteiger partial charge in [-0.3, -0.25) is 10.2 Å². The van der Waals surface area contributed by atoms with Gasteiger partial charge in [0.1, 0.15) is 15.8 Å². The number of hydrogen-bond donors (Lipinski definition) is 1. The van der Waals surface area contributed by atoms with Gasteiger partial charge in [0.15, 0.2) is 0 Å². The average molecular weight is 350 g/mol. The molecule has 0 fully saturated rings. The van der Waals surface area contributed by atoms with Gasteiger partial charge in [0.2, 0.25) is 5.78 Å². The number of carbonyl (C=O) groups is 1. The van der Waals surface area contributed by atoms with Gasteiger partial charge in [-0.15, -0.1) is 0 Å². The molecule has 0 saturated heterocycles. The summed E-state index contributed by atoms with van der Waals surface area (Å²) in [6.45, 7) is 0. The molecule has 0 amide bonds. The number of nitrogens with zero attached hydrogens (tertiary/aromatic N) is 1. The fourth-order valence-electron chi connectivity index (χ4n) is 2.17. The molecule has 6 nitrogen and oxygen atoms in total. The van der Waals surface area contributed by atoms with Crippen molar-refractivity contribution >= 4 is 33.4 Å². The molecule has 0 aromatic heterocycles. The Morgan fingerprint density at radius 1 is 0.958 bits per heavy atom. The Kier molecular flexibility index (Phi) is 5.74. The summed E-state index contributed by atoms with van der Waals surface area (Å²) in [5.74, 6) is -0.227. The van der Waals surface area contributed by atoms with Crippen LogP contribution in [-0.4, -0.2) is 24.5 Å². The van der Waals surface area contributed by atoms with Crippen molar-refractivity contribution in [1.29, 1.82) is 0 Å². The first-order valence-corrected chi connectivity index (χ1v) is 8.07. The summed E-state index contributed by atoms with van der Waals surface area (Å²) in [7, 11) is -4.48. The molecule has 24 heavy (non-hydrogen) atoms. The molecule has 1 N–H and O–H groups in total. The molecule has 0 heterocycles. The molecule has 2 aromatic carbocycles. The molecule has 0 aliphatic heterocycles. The van der Waals surface area contributed by atoms with Crippen LogP contribution in [0.1, 0.15) is 11.1 Å². The topological polar surface area (TPSA) is 98.7 Å². The van der Waals surface area contributed by atoms with Crippen molar-refractivity contribution in [3.63, 3.8) is 0 Å². The van der Waals surface area contributed by atoms with Crippen molar-refractivity contribution in [3.8, 4) is 0 Å². The van der Waals surface area contributed by atoms with E-state index in [-0.39, 0.29) is 45.9 Å². The number of rotatable bonds is 3. The van der Waals surface area contributed by atoms with Crippen LogP contribution in [0.5, 0.6) is 0 Å². The maximum Gasteiger partial charge on any atom is 1.00 e. The van der Waals surface area contributed by atoms with Crippen molar-refractivity contribution in [3.05, 3.63) is 65.7 Å². The van der Waals surface area contributed by atoms with Crippen molar-refractivity contribution < 1.29 is 47.3 Å². The van der Waals surface area contributed by atoms with Gasteiger partial charge in [0.25, 0.3) is 0 Å². The number of benzene rings is 2. The summed E-state index contributed by atoms with van der Waals surface area (Å²) in [6.07, 6.45) is 3.17. The third-order valence-corrected chi connectivity index (χ3v) is 4.15. The number of anilines is 1. The van der Waals surface area contributed by atoms with Gasteiger partial charge >= 0.3 is 29.6 Å². The SMILES string of the molecule is O=C1C=Cc2ccccc2/C1=N\Nc1ccc(S(=O)(=O)[O-])cc1.[Na+]. The molecule has 0 spiro atoms. The van der Waals surface area contributed by atoms with Crippen LogP contribution in [0.25, 0.3) is 6.08 Å². The van der Waals surface area contributed by atoms with Crippen LogP contribution in [-0.2, 0) is 14.9 Å². The second kappa shape index (κ2) is 7.42. The van der Waals surface area contributed by atoms with Crippen LogP contribution in [0.2, 0.25) is 0 Å². The predicted molar refractivity (Wildman–Crippen MR) is 85.0 cm³/mol. The van der Waals surface area contributed by atoms with E-state index in [9.17, 15) is 17.8 Å². The van der Waals surface area contributed by atoms with Crippen molar-refractivity contribution in [1.82, 2.24) is 0 Å². The smallest absolute Gasteiger partial charge is 0.744 e. The van der Waals surface area contributed by atoms with Crippen LogP contribution >= 0.6 is 0 Å². The summed E-state index contributed by atoms with van der Waals surface area (Å²) in [5.41, 5.74) is 5.03. The molecule has 0 unspecified atom stereocenters. The number of hydrogen-bond acceptors (Lipinski definition) is 6. The standard InChI is InChI=1S/C16H12N2O4S.Na/c19-15-10-5-11-3-1-2-4-14(11)16(15)18-17-12-6-8-13(9-7-12)23(20,21)22;/h1-10,17H,(H,20,21,22);/q;+1/p-1/b18-16+;. The zero-order valence-corrected chi connectivity index (χ0v) is 15.6. The molecule has 1 aliphatic rings. The number of carbonyl (C=O) groups excluding carboxylic acids is 1. The Morgan fingerprint density at radius 3 is 2.29 bits per heavy atom. The van der Waals surface area contributed by atoms with Crippen LogP contribution in [0.4, 0.5) is 5.69 Å². The van der Waals surface area contributed by atoms with Crippen LogP contribution in [0, 0.1) is 0 Å². The van der Waals surface area contributed by atoms with E-state index in [1.165, 1.54) is 30.3 Å². The van der Waals surface area contributed by atoms with Crippen LogP contribution in [0.15, 0.2) is 64.6 Å². The zero-order chi connectivity index (χ0) is 16.4.